The molecule has 1 aliphatic rings. The van der Waals surface area contributed by atoms with Crippen LogP contribution in [0.4, 0.5) is 5.69 Å². The lowest BCUT2D eigenvalue weighted by atomic mass is 9.86. The molecule has 110 valence electrons. The average molecular weight is 277 g/mol. The van der Waals surface area contributed by atoms with E-state index in [1.54, 1.807) is 18.2 Å². The number of nitrogens with two attached hydrogens (primary N) is 1. The summed E-state index contributed by atoms with van der Waals surface area (Å²) in [5.41, 5.74) is 6.82. The van der Waals surface area contributed by atoms with Crippen LogP contribution < -0.4 is 10.5 Å². The Morgan fingerprint density at radius 3 is 2.60 bits per heavy atom. The van der Waals surface area contributed by atoms with E-state index in [1.807, 2.05) is 0 Å². The summed E-state index contributed by atoms with van der Waals surface area (Å²) in [7, 11) is 1.37. The molecule has 2 rings (SSSR count). The van der Waals surface area contributed by atoms with Crippen molar-refractivity contribution < 1.29 is 14.3 Å². The Labute approximate surface area is 120 Å². The quantitative estimate of drug-likeness (QED) is 0.676. The van der Waals surface area contributed by atoms with E-state index in [1.165, 1.54) is 26.4 Å². The molecular weight excluding hydrogens is 254 g/mol. The minimum Gasteiger partial charge on any atom is -0.489 e. The van der Waals surface area contributed by atoms with Gasteiger partial charge < -0.3 is 15.2 Å². The van der Waals surface area contributed by atoms with E-state index in [2.05, 4.69) is 6.92 Å². The summed E-state index contributed by atoms with van der Waals surface area (Å²) >= 11 is 0. The SMILES string of the molecule is CCC1CCC(Oc2cc(N)ccc2C(=O)OC)CC1. The van der Waals surface area contributed by atoms with E-state index in [9.17, 15) is 4.79 Å². The molecule has 1 fully saturated rings. The van der Waals surface area contributed by atoms with Gasteiger partial charge in [0.15, 0.2) is 0 Å². The summed E-state index contributed by atoms with van der Waals surface area (Å²) in [6, 6.07) is 5.05. The number of rotatable bonds is 4. The van der Waals surface area contributed by atoms with Gasteiger partial charge in [-0.1, -0.05) is 13.3 Å². The van der Waals surface area contributed by atoms with Gasteiger partial charge in [-0.3, -0.25) is 0 Å². The van der Waals surface area contributed by atoms with Crippen LogP contribution in [-0.4, -0.2) is 19.2 Å². The molecule has 0 radical (unpaired) electrons. The Morgan fingerprint density at radius 1 is 1.30 bits per heavy atom. The normalized spacial score (nSPS) is 22.3. The van der Waals surface area contributed by atoms with Crippen LogP contribution in [0.5, 0.6) is 5.75 Å². The molecule has 1 aromatic rings. The summed E-state index contributed by atoms with van der Waals surface area (Å²) in [4.78, 5) is 11.7. The number of carbonyl (C=O) groups excluding carboxylic acids is 1. The number of carbonyl (C=O) groups is 1. The van der Waals surface area contributed by atoms with Gasteiger partial charge in [0, 0.05) is 11.8 Å². The van der Waals surface area contributed by atoms with E-state index >= 15 is 0 Å². The largest absolute Gasteiger partial charge is 0.489 e. The minimum atomic E-state index is -0.387. The zero-order valence-corrected chi connectivity index (χ0v) is 12.2. The van der Waals surface area contributed by atoms with Gasteiger partial charge >= 0.3 is 5.97 Å². The zero-order valence-electron chi connectivity index (χ0n) is 12.2. The van der Waals surface area contributed by atoms with Gasteiger partial charge in [0.25, 0.3) is 0 Å². The highest BCUT2D eigenvalue weighted by atomic mass is 16.5. The van der Waals surface area contributed by atoms with Crippen molar-refractivity contribution in [2.75, 3.05) is 12.8 Å². The Morgan fingerprint density at radius 2 is 2.00 bits per heavy atom. The number of methoxy groups -OCH3 is 1. The second-order valence-corrected chi connectivity index (χ2v) is 5.42. The molecule has 4 heteroatoms. The molecule has 1 aliphatic carbocycles. The summed E-state index contributed by atoms with van der Waals surface area (Å²) in [6.45, 7) is 2.24. The third-order valence-corrected chi connectivity index (χ3v) is 4.08. The Balaban J connectivity index is 2.08. The highest BCUT2D eigenvalue weighted by Crippen LogP contribution is 2.31. The van der Waals surface area contributed by atoms with Crippen molar-refractivity contribution in [1.29, 1.82) is 0 Å². The first kappa shape index (κ1) is 14.7. The summed E-state index contributed by atoms with van der Waals surface area (Å²) in [5.74, 6) is 0.967. The van der Waals surface area contributed by atoms with Gasteiger partial charge in [0.05, 0.1) is 13.2 Å². The van der Waals surface area contributed by atoms with Crippen molar-refractivity contribution in [2.45, 2.75) is 45.1 Å². The molecule has 1 saturated carbocycles. The lowest BCUT2D eigenvalue weighted by Crippen LogP contribution is -2.24. The Hall–Kier alpha value is -1.71. The van der Waals surface area contributed by atoms with Gasteiger partial charge in [-0.05, 0) is 43.7 Å². The minimum absolute atomic E-state index is 0.169. The number of hydrogen-bond acceptors (Lipinski definition) is 4. The molecule has 0 bridgehead atoms. The maximum atomic E-state index is 11.7. The van der Waals surface area contributed by atoms with Crippen LogP contribution in [0.3, 0.4) is 0 Å². The molecular formula is C16H23NO3. The predicted molar refractivity (Wildman–Crippen MR) is 78.9 cm³/mol. The first-order valence-electron chi connectivity index (χ1n) is 7.28. The molecule has 0 atom stereocenters. The van der Waals surface area contributed by atoms with Gasteiger partial charge in [-0.25, -0.2) is 4.79 Å². The maximum Gasteiger partial charge on any atom is 0.341 e. The van der Waals surface area contributed by atoms with E-state index in [4.69, 9.17) is 15.2 Å². The molecule has 2 N–H and O–H groups in total. The van der Waals surface area contributed by atoms with E-state index in [-0.39, 0.29) is 12.1 Å². The third-order valence-electron chi connectivity index (χ3n) is 4.08. The van der Waals surface area contributed by atoms with Crippen molar-refractivity contribution >= 4 is 11.7 Å². The lowest BCUT2D eigenvalue weighted by Gasteiger charge is -2.28. The van der Waals surface area contributed by atoms with E-state index in [0.717, 1.165) is 18.8 Å². The molecule has 20 heavy (non-hydrogen) atoms. The van der Waals surface area contributed by atoms with Crippen LogP contribution in [0.1, 0.15) is 49.4 Å². The highest BCUT2D eigenvalue weighted by Gasteiger charge is 2.23. The lowest BCUT2D eigenvalue weighted by molar-refractivity contribution is 0.0588. The van der Waals surface area contributed by atoms with Gasteiger partial charge in [-0.15, -0.1) is 0 Å². The molecule has 4 nitrogen and oxygen atoms in total. The van der Waals surface area contributed by atoms with Gasteiger partial charge in [-0.2, -0.15) is 0 Å². The van der Waals surface area contributed by atoms with Gasteiger partial charge in [0.2, 0.25) is 0 Å². The van der Waals surface area contributed by atoms with Crippen molar-refractivity contribution in [3.05, 3.63) is 23.8 Å². The van der Waals surface area contributed by atoms with Crippen LogP contribution in [0.15, 0.2) is 18.2 Å². The highest BCUT2D eigenvalue weighted by molar-refractivity contribution is 5.93. The van der Waals surface area contributed by atoms with E-state index < -0.39 is 0 Å². The molecule has 0 heterocycles. The van der Waals surface area contributed by atoms with Crippen LogP contribution in [-0.2, 0) is 4.74 Å². The van der Waals surface area contributed by atoms with Crippen LogP contribution in [0.25, 0.3) is 0 Å². The summed E-state index contributed by atoms with van der Waals surface area (Å²) in [6.07, 6.45) is 5.86. The van der Waals surface area contributed by atoms with Gasteiger partial charge in [0.1, 0.15) is 11.3 Å². The smallest absolute Gasteiger partial charge is 0.341 e. The summed E-state index contributed by atoms with van der Waals surface area (Å²) < 4.78 is 10.8. The first-order chi connectivity index (χ1) is 9.63. The summed E-state index contributed by atoms with van der Waals surface area (Å²) in [5, 5.41) is 0. The third kappa shape index (κ3) is 3.44. The number of benzene rings is 1. The van der Waals surface area contributed by atoms with Crippen molar-refractivity contribution in [1.82, 2.24) is 0 Å². The molecule has 0 unspecified atom stereocenters. The second-order valence-electron chi connectivity index (χ2n) is 5.42. The van der Waals surface area contributed by atoms with E-state index in [0.29, 0.717) is 17.0 Å². The molecule has 0 aliphatic heterocycles. The average Bonchev–Trinajstić information content (AvgIpc) is 2.47. The maximum absolute atomic E-state index is 11.7. The number of anilines is 1. The van der Waals surface area contributed by atoms with Crippen molar-refractivity contribution in [3.63, 3.8) is 0 Å². The fraction of sp³-hybridized carbons (Fsp3) is 0.562. The van der Waals surface area contributed by atoms with Crippen molar-refractivity contribution in [2.24, 2.45) is 5.92 Å². The number of hydrogen-bond donors (Lipinski definition) is 1. The fourth-order valence-corrected chi connectivity index (χ4v) is 2.75. The zero-order chi connectivity index (χ0) is 14.5. The standard InChI is InChI=1S/C16H23NO3/c1-3-11-4-7-13(8-5-11)20-15-10-12(17)6-9-14(15)16(18)19-2/h6,9-11,13H,3-5,7-8,17H2,1-2H3. The topological polar surface area (TPSA) is 61.5 Å². The van der Waals surface area contributed by atoms with Crippen LogP contribution in [0.2, 0.25) is 0 Å². The fourth-order valence-electron chi connectivity index (χ4n) is 2.75. The number of nitrogen functional groups attached to an aromatic ring is 1. The Kier molecular flexibility index (Phi) is 4.88. The second kappa shape index (κ2) is 6.64. The number of ether oxygens (including phenoxy) is 2. The molecule has 0 spiro atoms. The first-order valence-corrected chi connectivity index (χ1v) is 7.28. The predicted octanol–water partition coefficient (Wildman–Crippen LogP) is 3.40. The van der Waals surface area contributed by atoms with Crippen LogP contribution in [0, 0.1) is 5.92 Å². The monoisotopic (exact) mass is 277 g/mol. The molecule has 0 saturated heterocycles. The molecule has 0 aromatic heterocycles. The Bertz CT molecular complexity index is 465. The molecule has 1 aromatic carbocycles. The van der Waals surface area contributed by atoms with Crippen LogP contribution >= 0.6 is 0 Å². The van der Waals surface area contributed by atoms with Crippen molar-refractivity contribution in [3.8, 4) is 5.75 Å². The molecule has 0 amide bonds. The number of esters is 1.